The highest BCUT2D eigenvalue weighted by atomic mass is 79.9. The van der Waals surface area contributed by atoms with E-state index in [2.05, 4.69) is 21.2 Å². The number of aryl methyl sites for hydroxylation is 1. The van der Waals surface area contributed by atoms with Gasteiger partial charge in [0, 0.05) is 23.3 Å². The Bertz CT molecular complexity index is 713. The van der Waals surface area contributed by atoms with Crippen molar-refractivity contribution in [1.29, 1.82) is 0 Å². The van der Waals surface area contributed by atoms with E-state index in [4.69, 9.17) is 0 Å². The first-order chi connectivity index (χ1) is 9.51. The number of rotatable bonds is 3. The fourth-order valence-electron chi connectivity index (χ4n) is 1.72. The lowest BCUT2D eigenvalue weighted by molar-refractivity contribution is 0.102. The van der Waals surface area contributed by atoms with Crippen LogP contribution in [0.25, 0.3) is 0 Å². The molecular weight excluding hydrogens is 327 g/mol. The van der Waals surface area contributed by atoms with Crippen LogP contribution in [0.15, 0.2) is 45.8 Å². The Morgan fingerprint density at radius 3 is 2.75 bits per heavy atom. The van der Waals surface area contributed by atoms with E-state index in [9.17, 15) is 14.0 Å². The third kappa shape index (κ3) is 3.14. The van der Waals surface area contributed by atoms with Gasteiger partial charge >= 0.3 is 0 Å². The van der Waals surface area contributed by atoms with E-state index in [0.717, 1.165) is 0 Å². The molecule has 1 amide bonds. The van der Waals surface area contributed by atoms with E-state index in [1.54, 1.807) is 6.20 Å². The first-order valence-electron chi connectivity index (χ1n) is 5.98. The zero-order chi connectivity index (χ0) is 14.7. The summed E-state index contributed by atoms with van der Waals surface area (Å²) in [7, 11) is 0. The monoisotopic (exact) mass is 338 g/mol. The van der Waals surface area contributed by atoms with Crippen LogP contribution in [0.3, 0.4) is 0 Å². The van der Waals surface area contributed by atoms with Crippen LogP contribution in [-0.4, -0.2) is 10.5 Å². The Labute approximate surface area is 123 Å². The third-order valence-corrected chi connectivity index (χ3v) is 3.41. The molecule has 4 nitrogen and oxygen atoms in total. The van der Waals surface area contributed by atoms with Crippen molar-refractivity contribution in [3.05, 3.63) is 62.7 Å². The number of carbonyl (C=O) groups is 1. The van der Waals surface area contributed by atoms with Crippen molar-refractivity contribution in [2.45, 2.75) is 13.5 Å². The van der Waals surface area contributed by atoms with E-state index >= 15 is 0 Å². The average molecular weight is 339 g/mol. The Hall–Kier alpha value is -1.95. The minimum absolute atomic E-state index is 0.131. The first kappa shape index (κ1) is 14.5. The molecule has 1 heterocycles. The second-order valence-corrected chi connectivity index (χ2v) is 4.97. The zero-order valence-electron chi connectivity index (χ0n) is 10.7. The van der Waals surface area contributed by atoms with Crippen molar-refractivity contribution in [2.75, 3.05) is 5.32 Å². The van der Waals surface area contributed by atoms with Crippen LogP contribution >= 0.6 is 15.9 Å². The van der Waals surface area contributed by atoms with Crippen LogP contribution in [0.1, 0.15) is 17.3 Å². The number of nitrogens with zero attached hydrogens (tertiary/aromatic N) is 1. The fraction of sp³-hybridized carbons (Fsp3) is 0.143. The van der Waals surface area contributed by atoms with Gasteiger partial charge in [-0.3, -0.25) is 9.59 Å². The summed E-state index contributed by atoms with van der Waals surface area (Å²) in [6.07, 6.45) is 1.57. The third-order valence-electron chi connectivity index (χ3n) is 2.76. The topological polar surface area (TPSA) is 51.1 Å². The number of aromatic nitrogens is 1. The molecule has 0 fully saturated rings. The zero-order valence-corrected chi connectivity index (χ0v) is 12.3. The highest BCUT2D eigenvalue weighted by Gasteiger charge is 2.11. The summed E-state index contributed by atoms with van der Waals surface area (Å²) in [5, 5.41) is 2.67. The molecule has 0 saturated heterocycles. The number of hydrogen-bond acceptors (Lipinski definition) is 2. The van der Waals surface area contributed by atoms with Crippen LogP contribution in [0, 0.1) is 5.82 Å². The predicted octanol–water partition coefficient (Wildman–Crippen LogP) is 3.02. The molecule has 1 N–H and O–H groups in total. The SMILES string of the molecule is CCn1cc(NC(=O)c2ccc(F)cc2Br)ccc1=O. The number of amides is 1. The molecule has 0 atom stereocenters. The van der Waals surface area contributed by atoms with E-state index < -0.39 is 5.82 Å². The molecule has 0 bridgehead atoms. The molecule has 0 aliphatic carbocycles. The Balaban J connectivity index is 2.25. The molecule has 0 unspecified atom stereocenters. The quantitative estimate of drug-likeness (QED) is 0.935. The maximum Gasteiger partial charge on any atom is 0.256 e. The van der Waals surface area contributed by atoms with Crippen LogP contribution < -0.4 is 10.9 Å². The van der Waals surface area contributed by atoms with E-state index in [1.165, 1.54) is 34.9 Å². The number of pyridine rings is 1. The van der Waals surface area contributed by atoms with Crippen molar-refractivity contribution in [2.24, 2.45) is 0 Å². The van der Waals surface area contributed by atoms with Gasteiger partial charge in [0.15, 0.2) is 0 Å². The Morgan fingerprint density at radius 1 is 1.35 bits per heavy atom. The molecule has 0 aliphatic heterocycles. The van der Waals surface area contributed by atoms with E-state index in [1.807, 2.05) is 6.92 Å². The number of hydrogen-bond donors (Lipinski definition) is 1. The van der Waals surface area contributed by atoms with Crippen molar-refractivity contribution in [3.63, 3.8) is 0 Å². The highest BCUT2D eigenvalue weighted by Crippen LogP contribution is 2.19. The van der Waals surface area contributed by atoms with Gasteiger partial charge in [-0.1, -0.05) is 0 Å². The maximum absolute atomic E-state index is 13.0. The molecular formula is C14H12BrFN2O2. The number of nitrogens with one attached hydrogen (secondary N) is 1. The van der Waals surface area contributed by atoms with Crippen LogP contribution in [0.2, 0.25) is 0 Å². The second kappa shape index (κ2) is 6.00. The van der Waals surface area contributed by atoms with Gasteiger partial charge in [0.1, 0.15) is 5.82 Å². The number of carbonyl (C=O) groups excluding carboxylic acids is 1. The lowest BCUT2D eigenvalue weighted by atomic mass is 10.2. The van der Waals surface area contributed by atoms with Crippen molar-refractivity contribution < 1.29 is 9.18 Å². The van der Waals surface area contributed by atoms with Gasteiger partial charge in [0.25, 0.3) is 11.5 Å². The summed E-state index contributed by atoms with van der Waals surface area (Å²) < 4.78 is 14.8. The molecule has 0 radical (unpaired) electrons. The normalized spacial score (nSPS) is 10.3. The van der Waals surface area contributed by atoms with Crippen molar-refractivity contribution in [1.82, 2.24) is 4.57 Å². The van der Waals surface area contributed by atoms with Gasteiger partial charge in [-0.15, -0.1) is 0 Å². The van der Waals surface area contributed by atoms with Crippen LogP contribution in [-0.2, 0) is 6.54 Å². The summed E-state index contributed by atoms with van der Waals surface area (Å²) in [6.45, 7) is 2.35. The summed E-state index contributed by atoms with van der Waals surface area (Å²) in [6, 6.07) is 6.75. The van der Waals surface area contributed by atoms with Crippen molar-refractivity contribution >= 4 is 27.5 Å². The number of anilines is 1. The van der Waals surface area contributed by atoms with E-state index in [-0.39, 0.29) is 11.5 Å². The average Bonchev–Trinajstić information content (AvgIpc) is 2.40. The molecule has 2 aromatic rings. The van der Waals surface area contributed by atoms with Crippen molar-refractivity contribution in [3.8, 4) is 0 Å². The molecule has 6 heteroatoms. The fourth-order valence-corrected chi connectivity index (χ4v) is 2.26. The van der Waals surface area contributed by atoms with Gasteiger partial charge in [0.2, 0.25) is 0 Å². The minimum Gasteiger partial charge on any atom is -0.321 e. The molecule has 1 aromatic carbocycles. The van der Waals surface area contributed by atoms with Crippen LogP contribution in [0.5, 0.6) is 0 Å². The van der Waals surface area contributed by atoms with Crippen LogP contribution in [0.4, 0.5) is 10.1 Å². The predicted molar refractivity (Wildman–Crippen MR) is 78.4 cm³/mol. The Kier molecular flexibility index (Phi) is 4.34. The summed E-state index contributed by atoms with van der Waals surface area (Å²) in [4.78, 5) is 23.5. The molecule has 0 aliphatic rings. The molecule has 1 aromatic heterocycles. The van der Waals surface area contributed by atoms with E-state index in [0.29, 0.717) is 22.3 Å². The van der Waals surface area contributed by atoms with Gasteiger partial charge in [-0.25, -0.2) is 4.39 Å². The van der Waals surface area contributed by atoms with Gasteiger partial charge in [-0.2, -0.15) is 0 Å². The molecule has 104 valence electrons. The largest absolute Gasteiger partial charge is 0.321 e. The number of benzene rings is 1. The summed E-state index contributed by atoms with van der Waals surface area (Å²) in [5.41, 5.74) is 0.696. The number of halogens is 2. The minimum atomic E-state index is -0.423. The highest BCUT2D eigenvalue weighted by molar-refractivity contribution is 9.10. The lowest BCUT2D eigenvalue weighted by Crippen LogP contribution is -2.20. The second-order valence-electron chi connectivity index (χ2n) is 4.12. The first-order valence-corrected chi connectivity index (χ1v) is 6.77. The van der Waals surface area contributed by atoms with Gasteiger partial charge < -0.3 is 9.88 Å². The molecule has 2 rings (SSSR count). The smallest absolute Gasteiger partial charge is 0.256 e. The Morgan fingerprint density at radius 2 is 2.10 bits per heavy atom. The molecule has 20 heavy (non-hydrogen) atoms. The lowest BCUT2D eigenvalue weighted by Gasteiger charge is -2.09. The summed E-state index contributed by atoms with van der Waals surface area (Å²) in [5.74, 6) is -0.800. The summed E-state index contributed by atoms with van der Waals surface area (Å²) >= 11 is 3.14. The molecule has 0 saturated carbocycles. The standard InChI is InChI=1S/C14H12BrFN2O2/c1-2-18-8-10(4-6-13(18)19)17-14(20)11-5-3-9(16)7-12(11)15/h3-8H,2H2,1H3,(H,17,20). The molecule has 0 spiro atoms. The maximum atomic E-state index is 13.0. The van der Waals surface area contributed by atoms with Gasteiger partial charge in [-0.05, 0) is 47.1 Å². The van der Waals surface area contributed by atoms with Gasteiger partial charge in [0.05, 0.1) is 11.3 Å².